The number of hydrogen-bond donors (Lipinski definition) is 0. The highest BCUT2D eigenvalue weighted by Gasteiger charge is 2.05. The highest BCUT2D eigenvalue weighted by atomic mass is 16.1. The summed E-state index contributed by atoms with van der Waals surface area (Å²) in [4.78, 5) is 11.2. The molecule has 0 radical (unpaired) electrons. The van der Waals surface area contributed by atoms with Crippen molar-refractivity contribution in [2.45, 2.75) is 26.7 Å². The van der Waals surface area contributed by atoms with E-state index >= 15 is 0 Å². The zero-order valence-corrected chi connectivity index (χ0v) is 10.3. The van der Waals surface area contributed by atoms with E-state index in [0.717, 1.165) is 16.9 Å². The van der Waals surface area contributed by atoms with Crippen LogP contribution in [0.2, 0.25) is 0 Å². The number of Topliss-reactive ketones (excluding diaryl/α,β-unsaturated/α-hetero) is 1. The monoisotopic (exact) mass is 228 g/mol. The van der Waals surface area contributed by atoms with Crippen LogP contribution < -0.4 is 0 Å². The predicted octanol–water partition coefficient (Wildman–Crippen LogP) is 3.20. The van der Waals surface area contributed by atoms with Crippen molar-refractivity contribution in [1.29, 1.82) is 0 Å². The van der Waals surface area contributed by atoms with Gasteiger partial charge in [-0.15, -0.1) is 0 Å². The van der Waals surface area contributed by atoms with Crippen molar-refractivity contribution >= 4 is 5.78 Å². The molecule has 0 atom stereocenters. The smallest absolute Gasteiger partial charge is 0.159 e. The third-order valence-corrected chi connectivity index (χ3v) is 2.74. The van der Waals surface area contributed by atoms with Crippen LogP contribution in [0.5, 0.6) is 0 Å². The van der Waals surface area contributed by atoms with E-state index in [1.54, 1.807) is 6.92 Å². The van der Waals surface area contributed by atoms with Gasteiger partial charge in [0.2, 0.25) is 0 Å². The quantitative estimate of drug-likeness (QED) is 0.756. The largest absolute Gasteiger partial charge is 0.295 e. The van der Waals surface area contributed by atoms with Gasteiger partial charge >= 0.3 is 0 Å². The molecule has 0 saturated carbocycles. The minimum absolute atomic E-state index is 0.0832. The van der Waals surface area contributed by atoms with Gasteiger partial charge in [0.05, 0.1) is 11.4 Å². The third kappa shape index (κ3) is 2.44. The van der Waals surface area contributed by atoms with E-state index in [-0.39, 0.29) is 5.78 Å². The maximum absolute atomic E-state index is 11.2. The molecule has 3 nitrogen and oxygen atoms in total. The molecular weight excluding hydrogens is 212 g/mol. The van der Waals surface area contributed by atoms with Gasteiger partial charge in [-0.25, -0.2) is 4.68 Å². The second kappa shape index (κ2) is 4.53. The molecule has 1 heterocycles. The van der Waals surface area contributed by atoms with E-state index in [0.29, 0.717) is 5.92 Å². The van der Waals surface area contributed by atoms with Gasteiger partial charge in [0.25, 0.3) is 0 Å². The summed E-state index contributed by atoms with van der Waals surface area (Å²) in [6.45, 7) is 5.80. The lowest BCUT2D eigenvalue weighted by Crippen LogP contribution is -1.98. The number of nitrogens with zero attached hydrogens (tertiary/aromatic N) is 2. The fraction of sp³-hybridized carbons (Fsp3) is 0.286. The van der Waals surface area contributed by atoms with Crippen LogP contribution >= 0.6 is 0 Å². The molecule has 2 aromatic rings. The Morgan fingerprint density at radius 1 is 1.18 bits per heavy atom. The first-order valence-corrected chi connectivity index (χ1v) is 5.75. The van der Waals surface area contributed by atoms with Gasteiger partial charge in [0.15, 0.2) is 5.78 Å². The summed E-state index contributed by atoms with van der Waals surface area (Å²) < 4.78 is 1.83. The normalized spacial score (nSPS) is 10.8. The molecule has 88 valence electrons. The molecule has 0 aliphatic heterocycles. The van der Waals surface area contributed by atoms with Gasteiger partial charge in [-0.1, -0.05) is 13.8 Å². The van der Waals surface area contributed by atoms with E-state index in [4.69, 9.17) is 0 Å². The molecule has 2 rings (SSSR count). The fourth-order valence-electron chi connectivity index (χ4n) is 1.64. The van der Waals surface area contributed by atoms with Crippen molar-refractivity contribution in [3.05, 3.63) is 47.8 Å². The maximum Gasteiger partial charge on any atom is 0.159 e. The number of aromatic nitrogens is 2. The predicted molar refractivity (Wildman–Crippen MR) is 67.7 cm³/mol. The molecule has 17 heavy (non-hydrogen) atoms. The Kier molecular flexibility index (Phi) is 3.09. The van der Waals surface area contributed by atoms with Crippen LogP contribution in [-0.4, -0.2) is 15.6 Å². The standard InChI is InChI=1S/C14H16N2O/c1-10(2)14-8-9-16(15-14)13-6-4-12(5-7-13)11(3)17/h4-10H,1-3H3. The molecule has 3 heteroatoms. The molecule has 0 fully saturated rings. The topological polar surface area (TPSA) is 34.9 Å². The summed E-state index contributed by atoms with van der Waals surface area (Å²) in [7, 11) is 0. The molecule has 0 bridgehead atoms. The van der Waals surface area contributed by atoms with Crippen LogP contribution in [0.15, 0.2) is 36.5 Å². The minimum atomic E-state index is 0.0832. The highest BCUT2D eigenvalue weighted by molar-refractivity contribution is 5.94. The lowest BCUT2D eigenvalue weighted by Gasteiger charge is -2.03. The van der Waals surface area contributed by atoms with Gasteiger partial charge < -0.3 is 0 Å². The van der Waals surface area contributed by atoms with Crippen molar-refractivity contribution in [2.24, 2.45) is 0 Å². The Hall–Kier alpha value is -1.90. The Bertz CT molecular complexity index is 523. The second-order valence-corrected chi connectivity index (χ2v) is 4.44. The van der Waals surface area contributed by atoms with Crippen molar-refractivity contribution in [3.63, 3.8) is 0 Å². The summed E-state index contributed by atoms with van der Waals surface area (Å²) in [6, 6.07) is 9.49. The molecule has 0 amide bonds. The zero-order valence-electron chi connectivity index (χ0n) is 10.3. The Balaban J connectivity index is 2.30. The lowest BCUT2D eigenvalue weighted by atomic mass is 10.1. The molecule has 0 aliphatic carbocycles. The van der Waals surface area contributed by atoms with Gasteiger partial charge in [-0.2, -0.15) is 5.10 Å². The van der Waals surface area contributed by atoms with Crippen LogP contribution in [0.3, 0.4) is 0 Å². The minimum Gasteiger partial charge on any atom is -0.295 e. The molecule has 1 aromatic heterocycles. The zero-order chi connectivity index (χ0) is 12.4. The van der Waals surface area contributed by atoms with Gasteiger partial charge in [0, 0.05) is 11.8 Å². The van der Waals surface area contributed by atoms with Crippen molar-refractivity contribution in [3.8, 4) is 5.69 Å². The summed E-state index contributed by atoms with van der Waals surface area (Å²) in [5.41, 5.74) is 2.77. The molecule has 0 unspecified atom stereocenters. The molecular formula is C14H16N2O. The SMILES string of the molecule is CC(=O)c1ccc(-n2ccc(C(C)C)n2)cc1. The Morgan fingerprint density at radius 2 is 1.82 bits per heavy atom. The number of carbonyl (C=O) groups excluding carboxylic acids is 1. The van der Waals surface area contributed by atoms with Gasteiger partial charge in [0.1, 0.15) is 0 Å². The first-order chi connectivity index (χ1) is 8.08. The van der Waals surface area contributed by atoms with Crippen LogP contribution in [0.4, 0.5) is 0 Å². The Morgan fingerprint density at radius 3 is 2.29 bits per heavy atom. The van der Waals surface area contributed by atoms with Gasteiger partial charge in [-0.3, -0.25) is 4.79 Å². The average molecular weight is 228 g/mol. The van der Waals surface area contributed by atoms with Gasteiger partial charge in [-0.05, 0) is 43.2 Å². The van der Waals surface area contributed by atoms with E-state index in [2.05, 4.69) is 18.9 Å². The molecule has 0 aliphatic rings. The third-order valence-electron chi connectivity index (χ3n) is 2.74. The van der Waals surface area contributed by atoms with E-state index in [1.807, 2.05) is 41.2 Å². The summed E-state index contributed by atoms with van der Waals surface area (Å²) in [5.74, 6) is 0.507. The number of benzene rings is 1. The first-order valence-electron chi connectivity index (χ1n) is 5.75. The van der Waals surface area contributed by atoms with Crippen molar-refractivity contribution in [1.82, 2.24) is 9.78 Å². The van der Waals surface area contributed by atoms with Crippen molar-refractivity contribution < 1.29 is 4.79 Å². The molecule has 0 saturated heterocycles. The lowest BCUT2D eigenvalue weighted by molar-refractivity contribution is 0.101. The fourth-order valence-corrected chi connectivity index (χ4v) is 1.64. The average Bonchev–Trinajstić information content (AvgIpc) is 2.78. The van der Waals surface area contributed by atoms with E-state index < -0.39 is 0 Å². The van der Waals surface area contributed by atoms with Crippen LogP contribution in [0, 0.1) is 0 Å². The summed E-state index contributed by atoms with van der Waals surface area (Å²) >= 11 is 0. The number of hydrogen-bond acceptors (Lipinski definition) is 2. The van der Waals surface area contributed by atoms with Crippen LogP contribution in [-0.2, 0) is 0 Å². The van der Waals surface area contributed by atoms with E-state index in [1.165, 1.54) is 0 Å². The number of ketones is 1. The number of rotatable bonds is 3. The number of carbonyl (C=O) groups is 1. The van der Waals surface area contributed by atoms with Crippen LogP contribution in [0.25, 0.3) is 5.69 Å². The molecule has 0 N–H and O–H groups in total. The summed E-state index contributed by atoms with van der Waals surface area (Å²) in [6.07, 6.45) is 1.94. The first kappa shape index (κ1) is 11.6. The molecule has 1 aromatic carbocycles. The Labute approximate surface area is 101 Å². The molecule has 0 spiro atoms. The second-order valence-electron chi connectivity index (χ2n) is 4.44. The summed E-state index contributed by atoms with van der Waals surface area (Å²) in [5, 5.41) is 4.49. The van der Waals surface area contributed by atoms with Crippen molar-refractivity contribution in [2.75, 3.05) is 0 Å². The van der Waals surface area contributed by atoms with E-state index in [9.17, 15) is 4.79 Å². The van der Waals surface area contributed by atoms with Crippen LogP contribution in [0.1, 0.15) is 42.7 Å². The maximum atomic E-state index is 11.2. The highest BCUT2D eigenvalue weighted by Crippen LogP contribution is 2.14.